The lowest BCUT2D eigenvalue weighted by Crippen LogP contribution is -2.35. The molecule has 0 bridgehead atoms. The molecule has 5 heteroatoms. The highest BCUT2D eigenvalue weighted by Crippen LogP contribution is 1.98. The quantitative estimate of drug-likeness (QED) is 0.645. The summed E-state index contributed by atoms with van der Waals surface area (Å²) >= 11 is 0. The minimum absolute atomic E-state index is 0.178. The average molecular weight is 178 g/mol. The van der Waals surface area contributed by atoms with Gasteiger partial charge in [0.25, 0.3) is 0 Å². The Balaban J connectivity index is 4.32. The van der Waals surface area contributed by atoms with Gasteiger partial charge in [0.05, 0.1) is 6.26 Å². The van der Waals surface area contributed by atoms with E-state index in [2.05, 4.69) is 6.58 Å². The number of sulfonamides is 1. The van der Waals surface area contributed by atoms with Crippen molar-refractivity contribution < 1.29 is 8.42 Å². The molecule has 0 fully saturated rings. The van der Waals surface area contributed by atoms with Crippen LogP contribution >= 0.6 is 0 Å². The summed E-state index contributed by atoms with van der Waals surface area (Å²) in [5.74, 6) is 0. The second-order valence-corrected chi connectivity index (χ2v) is 4.43. The number of nitrogens with zero attached hydrogens (tertiary/aromatic N) is 1. The SMILES string of the molecule is C=CN(C[C@@H](C)N)S(C)(=O)=O. The van der Waals surface area contributed by atoms with Crippen LogP contribution in [0, 0.1) is 0 Å². The topological polar surface area (TPSA) is 63.4 Å². The fraction of sp³-hybridized carbons (Fsp3) is 0.667. The monoisotopic (exact) mass is 178 g/mol. The van der Waals surface area contributed by atoms with Gasteiger partial charge in [-0.1, -0.05) is 6.58 Å². The van der Waals surface area contributed by atoms with Crippen molar-refractivity contribution in [2.45, 2.75) is 13.0 Å². The van der Waals surface area contributed by atoms with Gasteiger partial charge in [-0.15, -0.1) is 0 Å². The predicted molar refractivity (Wildman–Crippen MR) is 45.4 cm³/mol. The highest BCUT2D eigenvalue weighted by atomic mass is 32.2. The first kappa shape index (κ1) is 10.4. The normalized spacial score (nSPS) is 14.1. The lowest BCUT2D eigenvalue weighted by molar-refractivity contribution is 0.478. The third-order valence-corrected chi connectivity index (χ3v) is 2.25. The molecule has 0 heterocycles. The standard InChI is InChI=1S/C6H14N2O2S/c1-4-8(5-6(2)7)11(3,9)10/h4,6H,1,5,7H2,2-3H3/t6-/m1/s1. The fourth-order valence-corrected chi connectivity index (χ4v) is 1.41. The molecule has 0 aliphatic rings. The summed E-state index contributed by atoms with van der Waals surface area (Å²) in [7, 11) is -3.17. The molecule has 0 spiro atoms. The van der Waals surface area contributed by atoms with Crippen LogP contribution in [-0.4, -0.2) is 31.6 Å². The highest BCUT2D eigenvalue weighted by Gasteiger charge is 2.11. The summed E-state index contributed by atoms with van der Waals surface area (Å²) in [4.78, 5) is 0. The Hall–Kier alpha value is -0.550. The molecule has 0 aliphatic heterocycles. The molecule has 0 aromatic heterocycles. The smallest absolute Gasteiger partial charge is 0.231 e. The first-order valence-electron chi connectivity index (χ1n) is 3.23. The third kappa shape index (κ3) is 4.00. The molecule has 0 saturated heterocycles. The second kappa shape index (κ2) is 3.73. The van der Waals surface area contributed by atoms with Crippen molar-refractivity contribution in [1.82, 2.24) is 4.31 Å². The minimum atomic E-state index is -3.17. The molecule has 1 atom stereocenters. The van der Waals surface area contributed by atoms with E-state index >= 15 is 0 Å². The Bertz CT molecular complexity index is 221. The molecular formula is C6H14N2O2S. The molecule has 0 rings (SSSR count). The maximum Gasteiger partial charge on any atom is 0.231 e. The summed E-state index contributed by atoms with van der Waals surface area (Å²) < 4.78 is 22.9. The molecule has 66 valence electrons. The predicted octanol–water partition coefficient (Wildman–Crippen LogP) is -0.261. The van der Waals surface area contributed by atoms with E-state index < -0.39 is 10.0 Å². The number of rotatable bonds is 4. The first-order valence-corrected chi connectivity index (χ1v) is 5.07. The number of nitrogens with two attached hydrogens (primary N) is 1. The van der Waals surface area contributed by atoms with Crippen molar-refractivity contribution in [1.29, 1.82) is 0 Å². The molecule has 2 N–H and O–H groups in total. The van der Waals surface area contributed by atoms with E-state index in [0.29, 0.717) is 0 Å². The first-order chi connectivity index (χ1) is 4.88. The zero-order valence-electron chi connectivity index (χ0n) is 6.82. The molecular weight excluding hydrogens is 164 g/mol. The van der Waals surface area contributed by atoms with Gasteiger partial charge in [-0.2, -0.15) is 0 Å². The van der Waals surface area contributed by atoms with E-state index in [0.717, 1.165) is 10.6 Å². The van der Waals surface area contributed by atoms with Crippen LogP contribution in [0.2, 0.25) is 0 Å². The van der Waals surface area contributed by atoms with Gasteiger partial charge in [0.2, 0.25) is 10.0 Å². The summed E-state index contributed by atoms with van der Waals surface area (Å²) in [5, 5.41) is 0. The van der Waals surface area contributed by atoms with Gasteiger partial charge < -0.3 is 5.73 Å². The van der Waals surface area contributed by atoms with E-state index in [1.165, 1.54) is 6.20 Å². The zero-order valence-corrected chi connectivity index (χ0v) is 7.63. The van der Waals surface area contributed by atoms with Crippen LogP contribution in [-0.2, 0) is 10.0 Å². The van der Waals surface area contributed by atoms with E-state index in [9.17, 15) is 8.42 Å². The van der Waals surface area contributed by atoms with Gasteiger partial charge in [0.15, 0.2) is 0 Å². The highest BCUT2D eigenvalue weighted by molar-refractivity contribution is 7.88. The van der Waals surface area contributed by atoms with Gasteiger partial charge in [0.1, 0.15) is 0 Å². The third-order valence-electron chi connectivity index (χ3n) is 1.10. The molecule has 0 aliphatic carbocycles. The second-order valence-electron chi connectivity index (χ2n) is 2.49. The van der Waals surface area contributed by atoms with Crippen molar-refractivity contribution >= 4 is 10.0 Å². The van der Waals surface area contributed by atoms with Gasteiger partial charge in [-0.25, -0.2) is 8.42 Å². The summed E-state index contributed by atoms with van der Waals surface area (Å²) in [5.41, 5.74) is 5.41. The van der Waals surface area contributed by atoms with Crippen LogP contribution in [0.5, 0.6) is 0 Å². The molecule has 0 amide bonds. The molecule has 0 saturated carbocycles. The van der Waals surface area contributed by atoms with Gasteiger partial charge in [-0.3, -0.25) is 4.31 Å². The van der Waals surface area contributed by atoms with Gasteiger partial charge in [-0.05, 0) is 6.92 Å². The van der Waals surface area contributed by atoms with Crippen molar-refractivity contribution in [2.75, 3.05) is 12.8 Å². The van der Waals surface area contributed by atoms with Crippen LogP contribution in [0.25, 0.3) is 0 Å². The molecule has 0 aromatic carbocycles. The Morgan fingerprint density at radius 2 is 2.18 bits per heavy atom. The van der Waals surface area contributed by atoms with Gasteiger partial charge >= 0.3 is 0 Å². The summed E-state index contributed by atoms with van der Waals surface area (Å²) in [6.07, 6.45) is 2.38. The zero-order chi connectivity index (χ0) is 9.07. The van der Waals surface area contributed by atoms with E-state index in [1.807, 2.05) is 0 Å². The number of hydrogen-bond donors (Lipinski definition) is 1. The van der Waals surface area contributed by atoms with E-state index in [4.69, 9.17) is 5.73 Å². The van der Waals surface area contributed by atoms with Crippen LogP contribution in [0.4, 0.5) is 0 Å². The van der Waals surface area contributed by atoms with Gasteiger partial charge in [0, 0.05) is 18.8 Å². The Labute approximate surface area is 67.7 Å². The summed E-state index contributed by atoms with van der Waals surface area (Å²) in [6, 6.07) is -0.178. The Morgan fingerprint density at radius 1 is 1.73 bits per heavy atom. The van der Waals surface area contributed by atoms with E-state index in [-0.39, 0.29) is 12.6 Å². The number of hydrogen-bond acceptors (Lipinski definition) is 3. The lowest BCUT2D eigenvalue weighted by atomic mass is 10.4. The largest absolute Gasteiger partial charge is 0.326 e. The van der Waals surface area contributed by atoms with Crippen LogP contribution in [0.1, 0.15) is 6.92 Å². The minimum Gasteiger partial charge on any atom is -0.326 e. The molecule has 4 nitrogen and oxygen atoms in total. The van der Waals surface area contributed by atoms with Crippen LogP contribution in [0.3, 0.4) is 0 Å². The van der Waals surface area contributed by atoms with Crippen LogP contribution in [0.15, 0.2) is 12.8 Å². The lowest BCUT2D eigenvalue weighted by Gasteiger charge is -2.18. The molecule has 0 aromatic rings. The van der Waals surface area contributed by atoms with Crippen molar-refractivity contribution in [3.63, 3.8) is 0 Å². The summed E-state index contributed by atoms with van der Waals surface area (Å²) in [6.45, 7) is 5.39. The maximum atomic E-state index is 10.9. The fourth-order valence-electron chi connectivity index (χ4n) is 0.629. The van der Waals surface area contributed by atoms with Crippen LogP contribution < -0.4 is 5.73 Å². The maximum absolute atomic E-state index is 10.9. The van der Waals surface area contributed by atoms with Crippen molar-refractivity contribution in [3.05, 3.63) is 12.8 Å². The van der Waals surface area contributed by atoms with E-state index in [1.54, 1.807) is 6.92 Å². The Morgan fingerprint density at radius 3 is 2.27 bits per heavy atom. The van der Waals surface area contributed by atoms with Crippen molar-refractivity contribution in [2.24, 2.45) is 5.73 Å². The Kier molecular flexibility index (Phi) is 3.54. The molecule has 11 heavy (non-hydrogen) atoms. The average Bonchev–Trinajstić information content (AvgIpc) is 1.79. The molecule has 0 radical (unpaired) electrons. The van der Waals surface area contributed by atoms with Crippen molar-refractivity contribution in [3.8, 4) is 0 Å². The molecule has 0 unspecified atom stereocenters.